The van der Waals surface area contributed by atoms with Crippen LogP contribution in [0.3, 0.4) is 0 Å². The minimum absolute atomic E-state index is 0.110. The molecule has 0 aromatic heterocycles. The summed E-state index contributed by atoms with van der Waals surface area (Å²) in [5.74, 6) is -0.110. The van der Waals surface area contributed by atoms with Crippen LogP contribution in [0.15, 0.2) is 0 Å². The van der Waals surface area contributed by atoms with Crippen LogP contribution >= 0.6 is 0 Å². The van der Waals surface area contributed by atoms with E-state index in [9.17, 15) is 4.79 Å². The Balaban J connectivity index is 4.16. The molecule has 0 spiro atoms. The minimum atomic E-state index is -1.42. The Bertz CT molecular complexity index is 291. The van der Waals surface area contributed by atoms with Crippen LogP contribution in [0.1, 0.15) is 19.3 Å². The molecule has 0 aliphatic rings. The van der Waals surface area contributed by atoms with Crippen molar-refractivity contribution in [3.05, 3.63) is 0 Å². The molecule has 6 heteroatoms. The number of carbonyl (C=O) groups excluding carboxylic acids is 1. The summed E-state index contributed by atoms with van der Waals surface area (Å²) in [5.41, 5.74) is 0. The normalized spacial score (nSPS) is 12.8. The van der Waals surface area contributed by atoms with Crippen LogP contribution < -0.4 is 0 Å². The quantitative estimate of drug-likeness (QED) is 0.352. The maximum absolute atomic E-state index is 11.3. The molecular weight excluding hydrogens is 286 g/mol. The Morgan fingerprint density at radius 2 is 1.60 bits per heavy atom. The van der Waals surface area contributed by atoms with Crippen molar-refractivity contribution in [3.63, 3.8) is 0 Å². The topological polar surface area (TPSA) is 38.8 Å². The van der Waals surface area contributed by atoms with E-state index in [1.54, 1.807) is 0 Å². The molecule has 0 aliphatic carbocycles. The van der Waals surface area contributed by atoms with Crippen molar-refractivity contribution in [1.29, 1.82) is 0 Å². The van der Waals surface area contributed by atoms with Crippen molar-refractivity contribution >= 4 is 22.5 Å². The van der Waals surface area contributed by atoms with Crippen LogP contribution in [0.5, 0.6) is 0 Å². The molecule has 0 heterocycles. The molecule has 0 unspecified atom stereocenters. The van der Waals surface area contributed by atoms with Crippen LogP contribution in [0, 0.1) is 0 Å². The summed E-state index contributed by atoms with van der Waals surface area (Å²) in [7, 11) is 0.504. The number of ether oxygens (including phenoxy) is 1. The molecule has 0 bridgehead atoms. The Labute approximate surface area is 127 Å². The summed E-state index contributed by atoms with van der Waals surface area (Å²) in [6.07, 6.45) is 2.90. The fourth-order valence-electron chi connectivity index (χ4n) is 2.07. The number of carbonyl (C=O) groups is 1. The van der Waals surface area contributed by atoms with Gasteiger partial charge >= 0.3 is 5.97 Å². The largest absolute Gasteiger partial charge is 0.469 e. The monoisotopic (exact) mass is 319 g/mol. The first-order chi connectivity index (χ1) is 9.12. The predicted octanol–water partition coefficient (Wildman–Crippen LogP) is 3.32. The van der Waals surface area contributed by atoms with Gasteiger partial charge in [0.25, 0.3) is 0 Å². The van der Waals surface area contributed by atoms with Gasteiger partial charge in [-0.3, -0.25) is 4.79 Å². The smallest absolute Gasteiger partial charge is 0.306 e. The van der Waals surface area contributed by atoms with E-state index in [0.717, 1.165) is 13.1 Å². The molecule has 20 heavy (non-hydrogen) atoms. The number of rotatable bonds is 10. The van der Waals surface area contributed by atoms with Crippen LogP contribution in [0.4, 0.5) is 0 Å². The minimum Gasteiger partial charge on any atom is -0.469 e. The summed E-state index contributed by atoms with van der Waals surface area (Å²) in [5, 5.41) is 0. The third-order valence-corrected chi connectivity index (χ3v) is 8.78. The van der Waals surface area contributed by atoms with Gasteiger partial charge in [-0.25, -0.2) is 0 Å². The molecule has 0 atom stereocenters. The zero-order chi connectivity index (χ0) is 15.8. The first-order valence-electron chi connectivity index (χ1n) is 7.49. The van der Waals surface area contributed by atoms with E-state index < -0.39 is 16.6 Å². The van der Waals surface area contributed by atoms with Crippen molar-refractivity contribution in [1.82, 2.24) is 4.57 Å². The number of unbranched alkanes of at least 4 members (excludes halogenated alkanes) is 1. The first kappa shape index (κ1) is 19.8. The molecule has 0 radical (unpaired) electrons. The van der Waals surface area contributed by atoms with Gasteiger partial charge in [-0.1, -0.05) is 26.1 Å². The second kappa shape index (κ2) is 8.97. The second-order valence-corrected chi connectivity index (χ2v) is 16.3. The zero-order valence-electron chi connectivity index (χ0n) is 14.4. The fourth-order valence-corrected chi connectivity index (χ4v) is 4.98. The Hall–Kier alpha value is -0.176. The summed E-state index contributed by atoms with van der Waals surface area (Å²) in [6.45, 7) is 13.4. The third-order valence-electron chi connectivity index (χ3n) is 3.77. The van der Waals surface area contributed by atoms with E-state index in [4.69, 9.17) is 9.16 Å². The van der Waals surface area contributed by atoms with Crippen LogP contribution in [-0.2, 0) is 14.0 Å². The van der Waals surface area contributed by atoms with Crippen LogP contribution in [0.25, 0.3) is 0 Å². The van der Waals surface area contributed by atoms with E-state index in [1.807, 2.05) is 7.11 Å². The average Bonchev–Trinajstić information content (AvgIpc) is 2.35. The van der Waals surface area contributed by atoms with Crippen molar-refractivity contribution < 1.29 is 14.0 Å². The highest BCUT2D eigenvalue weighted by Gasteiger charge is 2.25. The lowest BCUT2D eigenvalue weighted by Gasteiger charge is -2.34. The first-order valence-corrected chi connectivity index (χ1v) is 14.1. The van der Waals surface area contributed by atoms with Crippen molar-refractivity contribution in [2.24, 2.45) is 0 Å². The molecule has 0 fully saturated rings. The third kappa shape index (κ3) is 8.89. The maximum atomic E-state index is 11.3. The summed E-state index contributed by atoms with van der Waals surface area (Å²) in [4.78, 5) is 11.3. The highest BCUT2D eigenvalue weighted by Crippen LogP contribution is 2.16. The van der Waals surface area contributed by atoms with Gasteiger partial charge < -0.3 is 13.7 Å². The van der Waals surface area contributed by atoms with Crippen molar-refractivity contribution in [3.8, 4) is 0 Å². The number of hydrogen-bond acceptors (Lipinski definition) is 4. The number of hydrogen-bond donors (Lipinski definition) is 0. The van der Waals surface area contributed by atoms with E-state index in [0.29, 0.717) is 6.42 Å². The van der Waals surface area contributed by atoms with Crippen LogP contribution in [-0.4, -0.2) is 54.4 Å². The Morgan fingerprint density at radius 1 is 1.00 bits per heavy atom. The second-order valence-electron chi connectivity index (χ2n) is 6.90. The number of esters is 1. The molecule has 0 aliphatic heterocycles. The lowest BCUT2D eigenvalue weighted by Crippen LogP contribution is -2.47. The van der Waals surface area contributed by atoms with Crippen LogP contribution in [0.2, 0.25) is 38.8 Å². The molecule has 0 amide bonds. The number of methoxy groups -OCH3 is 1. The van der Waals surface area contributed by atoms with E-state index in [-0.39, 0.29) is 5.97 Å². The molecule has 0 saturated heterocycles. The van der Waals surface area contributed by atoms with Crippen molar-refractivity contribution in [2.75, 3.05) is 27.3 Å². The summed E-state index contributed by atoms with van der Waals surface area (Å²) >= 11 is 0. The van der Waals surface area contributed by atoms with Gasteiger partial charge in [-0.15, -0.1) is 0 Å². The molecule has 4 nitrogen and oxygen atoms in total. The Kier molecular flexibility index (Phi) is 8.89. The van der Waals surface area contributed by atoms with Crippen molar-refractivity contribution in [2.45, 2.75) is 58.0 Å². The van der Waals surface area contributed by atoms with E-state index in [2.05, 4.69) is 37.3 Å². The van der Waals surface area contributed by atoms with Gasteiger partial charge in [0.15, 0.2) is 8.32 Å². The fraction of sp³-hybridized carbons (Fsp3) is 0.929. The maximum Gasteiger partial charge on any atom is 0.306 e. The lowest BCUT2D eigenvalue weighted by molar-refractivity contribution is -0.140. The molecule has 0 saturated carbocycles. The van der Waals surface area contributed by atoms with E-state index >= 15 is 0 Å². The standard InChI is InChI=1S/C14H33NO3Si2/c1-17-14(16)10-12-15(19(3,4)5)11-8-9-13-20(6,7)18-2/h8-13H2,1-7H3. The average molecular weight is 320 g/mol. The Morgan fingerprint density at radius 3 is 2.05 bits per heavy atom. The highest BCUT2D eigenvalue weighted by molar-refractivity contribution is 6.73. The molecule has 0 aromatic rings. The summed E-state index contributed by atoms with van der Waals surface area (Å²) < 4.78 is 12.8. The van der Waals surface area contributed by atoms with Gasteiger partial charge in [-0.05, 0) is 32.1 Å². The lowest BCUT2D eigenvalue weighted by atomic mass is 10.3. The number of nitrogens with zero attached hydrogens (tertiary/aromatic N) is 1. The van der Waals surface area contributed by atoms with Gasteiger partial charge in [-0.2, -0.15) is 0 Å². The van der Waals surface area contributed by atoms with Gasteiger partial charge in [0.05, 0.1) is 13.5 Å². The SMILES string of the molecule is COC(=O)CCN(CCCC[Si](C)(C)OC)[Si](C)(C)C. The van der Waals surface area contributed by atoms with Gasteiger partial charge in [0.2, 0.25) is 0 Å². The van der Waals surface area contributed by atoms with E-state index in [1.165, 1.54) is 26.0 Å². The molecular formula is C14H33NO3Si2. The van der Waals surface area contributed by atoms with Gasteiger partial charge in [0.1, 0.15) is 8.24 Å². The van der Waals surface area contributed by atoms with Gasteiger partial charge in [0, 0.05) is 13.7 Å². The molecule has 120 valence electrons. The highest BCUT2D eigenvalue weighted by atomic mass is 28.4. The molecule has 0 N–H and O–H groups in total. The zero-order valence-corrected chi connectivity index (χ0v) is 16.4. The summed E-state index contributed by atoms with van der Waals surface area (Å²) in [6, 6.07) is 1.21. The molecule has 0 aromatic carbocycles. The predicted molar refractivity (Wildman–Crippen MR) is 90.1 cm³/mol. The molecule has 0 rings (SSSR count).